The number of piperidine rings is 1. The quantitative estimate of drug-likeness (QED) is 0.773. The van der Waals surface area contributed by atoms with Crippen LogP contribution in [0.1, 0.15) is 19.3 Å². The first-order valence-corrected chi connectivity index (χ1v) is 6.58. The first kappa shape index (κ1) is 11.8. The molecule has 0 radical (unpaired) electrons. The highest BCUT2D eigenvalue weighted by Crippen LogP contribution is 2.32. The lowest BCUT2D eigenvalue weighted by Crippen LogP contribution is -2.44. The molecule has 0 atom stereocenters. The van der Waals surface area contributed by atoms with Gasteiger partial charge in [-0.3, -0.25) is 0 Å². The van der Waals surface area contributed by atoms with E-state index < -0.39 is 0 Å². The van der Waals surface area contributed by atoms with E-state index in [9.17, 15) is 5.11 Å². The molecule has 2 heterocycles. The van der Waals surface area contributed by atoms with Gasteiger partial charge in [0.1, 0.15) is 5.76 Å². The molecule has 1 N–H and O–H groups in total. The largest absolute Gasteiger partial charge is 0.508 e. The van der Waals surface area contributed by atoms with Crippen LogP contribution in [0.25, 0.3) is 0 Å². The Balaban J connectivity index is 1.63. The molecule has 2 saturated heterocycles. The molecule has 1 aliphatic carbocycles. The molecule has 0 amide bonds. The SMILES string of the molecule is OC1=CCC=C(N2CCC3(CC2)OCCO3)C=C1. The minimum absolute atomic E-state index is 0.314. The lowest BCUT2D eigenvalue weighted by Gasteiger charge is -2.39. The monoisotopic (exact) mass is 249 g/mol. The Morgan fingerprint density at radius 2 is 1.78 bits per heavy atom. The van der Waals surface area contributed by atoms with Crippen molar-refractivity contribution in [1.82, 2.24) is 4.90 Å². The number of hydrogen-bond donors (Lipinski definition) is 1. The van der Waals surface area contributed by atoms with Gasteiger partial charge in [-0.05, 0) is 24.6 Å². The summed E-state index contributed by atoms with van der Waals surface area (Å²) in [5.41, 5.74) is 1.18. The predicted molar refractivity (Wildman–Crippen MR) is 68.0 cm³/mol. The lowest BCUT2D eigenvalue weighted by molar-refractivity contribution is -0.182. The van der Waals surface area contributed by atoms with Crippen LogP contribution in [0.3, 0.4) is 0 Å². The third-order valence-corrected chi connectivity index (χ3v) is 3.78. The fourth-order valence-electron chi connectivity index (χ4n) is 2.73. The maximum absolute atomic E-state index is 9.46. The number of allylic oxidation sites excluding steroid dienone is 4. The zero-order chi connectivity index (χ0) is 12.4. The summed E-state index contributed by atoms with van der Waals surface area (Å²) in [4.78, 5) is 2.33. The first-order chi connectivity index (χ1) is 8.77. The minimum atomic E-state index is -0.314. The highest BCUT2D eigenvalue weighted by atomic mass is 16.7. The van der Waals surface area contributed by atoms with E-state index in [2.05, 4.69) is 11.0 Å². The average Bonchev–Trinajstić information content (AvgIpc) is 2.72. The van der Waals surface area contributed by atoms with Crippen LogP contribution in [0, 0.1) is 0 Å². The van der Waals surface area contributed by atoms with Gasteiger partial charge in [-0.2, -0.15) is 0 Å². The second-order valence-corrected chi connectivity index (χ2v) is 4.92. The van der Waals surface area contributed by atoms with Crippen molar-refractivity contribution in [2.24, 2.45) is 0 Å². The zero-order valence-electron chi connectivity index (χ0n) is 10.5. The number of nitrogens with zero attached hydrogens (tertiary/aromatic N) is 1. The molecule has 0 aromatic carbocycles. The van der Waals surface area contributed by atoms with Gasteiger partial charge in [-0.1, -0.05) is 6.08 Å². The molecule has 4 heteroatoms. The summed E-state index contributed by atoms with van der Waals surface area (Å²) in [5.74, 6) is 0.0310. The minimum Gasteiger partial charge on any atom is -0.508 e. The fraction of sp³-hybridized carbons (Fsp3) is 0.571. The number of hydrogen-bond acceptors (Lipinski definition) is 4. The maximum Gasteiger partial charge on any atom is 0.171 e. The zero-order valence-corrected chi connectivity index (χ0v) is 10.5. The lowest BCUT2D eigenvalue weighted by atomic mass is 10.0. The van der Waals surface area contributed by atoms with E-state index in [0.717, 1.165) is 45.6 Å². The van der Waals surface area contributed by atoms with Crippen molar-refractivity contribution >= 4 is 0 Å². The second-order valence-electron chi connectivity index (χ2n) is 4.92. The number of rotatable bonds is 1. The average molecular weight is 249 g/mol. The number of aliphatic hydroxyl groups excluding tert-OH is 1. The molecular formula is C14H19NO3. The summed E-state index contributed by atoms with van der Waals surface area (Å²) in [6.45, 7) is 3.33. The van der Waals surface area contributed by atoms with Crippen LogP contribution in [0.5, 0.6) is 0 Å². The third-order valence-electron chi connectivity index (χ3n) is 3.78. The molecule has 0 bridgehead atoms. The molecule has 3 aliphatic rings. The molecule has 1 spiro atoms. The van der Waals surface area contributed by atoms with Gasteiger partial charge in [0.2, 0.25) is 0 Å². The van der Waals surface area contributed by atoms with Gasteiger partial charge >= 0.3 is 0 Å². The van der Waals surface area contributed by atoms with Crippen molar-refractivity contribution in [2.45, 2.75) is 25.0 Å². The van der Waals surface area contributed by atoms with E-state index in [1.807, 2.05) is 12.2 Å². The van der Waals surface area contributed by atoms with E-state index in [1.165, 1.54) is 5.70 Å². The number of likely N-dealkylation sites (tertiary alicyclic amines) is 1. The van der Waals surface area contributed by atoms with E-state index in [0.29, 0.717) is 5.76 Å². The summed E-state index contributed by atoms with van der Waals surface area (Å²) < 4.78 is 11.4. The van der Waals surface area contributed by atoms with Gasteiger partial charge in [0, 0.05) is 31.6 Å². The third kappa shape index (κ3) is 2.31. The summed E-state index contributed by atoms with van der Waals surface area (Å²) in [6, 6.07) is 0. The van der Waals surface area contributed by atoms with Crippen LogP contribution in [-0.4, -0.2) is 42.1 Å². The molecule has 0 aromatic heterocycles. The van der Waals surface area contributed by atoms with Crippen LogP contribution < -0.4 is 0 Å². The fourth-order valence-corrected chi connectivity index (χ4v) is 2.73. The standard InChI is InChI=1S/C14H19NO3/c16-13-3-1-2-12(4-5-13)15-8-6-14(7-9-15)17-10-11-18-14/h2-5,16H,1,6-11H2. The van der Waals surface area contributed by atoms with Gasteiger partial charge in [-0.15, -0.1) is 0 Å². The predicted octanol–water partition coefficient (Wildman–Crippen LogP) is 2.11. The normalized spacial score (nSPS) is 27.0. The molecule has 98 valence electrons. The van der Waals surface area contributed by atoms with Crippen molar-refractivity contribution in [2.75, 3.05) is 26.3 Å². The summed E-state index contributed by atoms with van der Waals surface area (Å²) in [6.07, 6.45) is 10.3. The molecule has 2 fully saturated rings. The van der Waals surface area contributed by atoms with Gasteiger partial charge in [0.05, 0.1) is 13.2 Å². The van der Waals surface area contributed by atoms with E-state index in [4.69, 9.17) is 9.47 Å². The Morgan fingerprint density at radius 3 is 2.50 bits per heavy atom. The topological polar surface area (TPSA) is 41.9 Å². The molecule has 3 rings (SSSR count). The first-order valence-electron chi connectivity index (χ1n) is 6.58. The van der Waals surface area contributed by atoms with Crippen molar-refractivity contribution < 1.29 is 14.6 Å². The molecule has 2 aliphatic heterocycles. The summed E-state index contributed by atoms with van der Waals surface area (Å²) in [5, 5.41) is 9.46. The number of aliphatic hydroxyl groups is 1. The maximum atomic E-state index is 9.46. The number of ether oxygens (including phenoxy) is 2. The Kier molecular flexibility index (Phi) is 3.14. The molecular weight excluding hydrogens is 230 g/mol. The van der Waals surface area contributed by atoms with Gasteiger partial charge < -0.3 is 19.5 Å². The van der Waals surface area contributed by atoms with Crippen LogP contribution in [0.2, 0.25) is 0 Å². The molecule has 0 aromatic rings. The Morgan fingerprint density at radius 1 is 1.06 bits per heavy atom. The van der Waals surface area contributed by atoms with E-state index >= 15 is 0 Å². The van der Waals surface area contributed by atoms with Crippen molar-refractivity contribution in [3.8, 4) is 0 Å². The highest BCUT2D eigenvalue weighted by Gasteiger charge is 2.39. The Hall–Kier alpha value is -1.26. The van der Waals surface area contributed by atoms with Crippen LogP contribution in [0.15, 0.2) is 35.8 Å². The Bertz CT molecular complexity index is 395. The molecule has 0 unspecified atom stereocenters. The molecule has 4 nitrogen and oxygen atoms in total. The summed E-state index contributed by atoms with van der Waals surface area (Å²) in [7, 11) is 0. The van der Waals surface area contributed by atoms with Crippen molar-refractivity contribution in [3.05, 3.63) is 35.8 Å². The van der Waals surface area contributed by atoms with E-state index in [-0.39, 0.29) is 5.79 Å². The smallest absolute Gasteiger partial charge is 0.171 e. The van der Waals surface area contributed by atoms with Crippen LogP contribution in [0.4, 0.5) is 0 Å². The van der Waals surface area contributed by atoms with E-state index in [1.54, 1.807) is 6.08 Å². The van der Waals surface area contributed by atoms with Gasteiger partial charge in [0.25, 0.3) is 0 Å². The van der Waals surface area contributed by atoms with Crippen LogP contribution in [-0.2, 0) is 9.47 Å². The van der Waals surface area contributed by atoms with Gasteiger partial charge in [-0.25, -0.2) is 0 Å². The van der Waals surface area contributed by atoms with Crippen molar-refractivity contribution in [3.63, 3.8) is 0 Å². The molecule has 0 saturated carbocycles. The molecule has 18 heavy (non-hydrogen) atoms. The Labute approximate surface area is 107 Å². The second kappa shape index (κ2) is 4.78. The summed E-state index contributed by atoms with van der Waals surface area (Å²) >= 11 is 0. The van der Waals surface area contributed by atoms with Crippen LogP contribution >= 0.6 is 0 Å². The van der Waals surface area contributed by atoms with Gasteiger partial charge in [0.15, 0.2) is 5.79 Å². The highest BCUT2D eigenvalue weighted by molar-refractivity contribution is 5.28. The van der Waals surface area contributed by atoms with Crippen molar-refractivity contribution in [1.29, 1.82) is 0 Å².